The van der Waals surface area contributed by atoms with Crippen molar-refractivity contribution in [3.8, 4) is 11.5 Å². The summed E-state index contributed by atoms with van der Waals surface area (Å²) in [6, 6.07) is 14.1. The van der Waals surface area contributed by atoms with E-state index >= 15 is 0 Å². The third-order valence-corrected chi connectivity index (χ3v) is 5.86. The number of aromatic hydroxyl groups is 1. The van der Waals surface area contributed by atoms with E-state index in [2.05, 4.69) is 4.90 Å². The number of ether oxygens (including phenoxy) is 1. The van der Waals surface area contributed by atoms with E-state index in [-0.39, 0.29) is 36.2 Å². The Kier molecular flexibility index (Phi) is 5.15. The summed E-state index contributed by atoms with van der Waals surface area (Å²) in [5.41, 5.74) is 7.56. The summed E-state index contributed by atoms with van der Waals surface area (Å²) >= 11 is 0. The van der Waals surface area contributed by atoms with E-state index in [4.69, 9.17) is 10.5 Å². The van der Waals surface area contributed by atoms with Gasteiger partial charge in [0, 0.05) is 19.1 Å². The molecule has 7 heteroatoms. The number of benzene rings is 2. The molecule has 0 aliphatic carbocycles. The molecule has 152 valence electrons. The smallest absolute Gasteiger partial charge is 0.237 e. The monoisotopic (exact) mass is 395 g/mol. The van der Waals surface area contributed by atoms with Crippen molar-refractivity contribution >= 4 is 11.8 Å². The van der Waals surface area contributed by atoms with E-state index in [1.165, 1.54) is 0 Å². The van der Waals surface area contributed by atoms with Gasteiger partial charge in [0.2, 0.25) is 11.8 Å². The van der Waals surface area contributed by atoms with Gasteiger partial charge in [0.1, 0.15) is 11.5 Å². The Labute approximate surface area is 169 Å². The third kappa shape index (κ3) is 3.78. The molecule has 29 heavy (non-hydrogen) atoms. The molecule has 2 heterocycles. The molecule has 2 fully saturated rings. The quantitative estimate of drug-likeness (QED) is 0.803. The van der Waals surface area contributed by atoms with Gasteiger partial charge in [-0.15, -0.1) is 0 Å². The fourth-order valence-electron chi connectivity index (χ4n) is 4.61. The molecule has 3 atom stereocenters. The van der Waals surface area contributed by atoms with E-state index in [0.717, 1.165) is 16.9 Å². The van der Waals surface area contributed by atoms with Crippen LogP contribution in [0.15, 0.2) is 48.5 Å². The summed E-state index contributed by atoms with van der Waals surface area (Å²) in [7, 11) is 1.60. The standard InChI is InChI=1S/C22H25N3O4/c1-29-18-7-5-15(6-8-18)21-19(22(23)28)10-16-12-24(13-20(27)25(16)21)11-14-3-2-4-17(26)9-14/h2-9,16,19,21,26H,10-13H2,1H3,(H2,23,28)/t16-,19-,21-/m1/s1. The van der Waals surface area contributed by atoms with Crippen molar-refractivity contribution in [2.75, 3.05) is 20.2 Å². The second kappa shape index (κ2) is 7.75. The summed E-state index contributed by atoms with van der Waals surface area (Å²) in [6.45, 7) is 1.50. The molecule has 2 aliphatic rings. The van der Waals surface area contributed by atoms with Crippen LogP contribution in [0.1, 0.15) is 23.6 Å². The van der Waals surface area contributed by atoms with Gasteiger partial charge in [-0.3, -0.25) is 14.5 Å². The minimum atomic E-state index is -0.418. The first-order valence-corrected chi connectivity index (χ1v) is 9.71. The number of nitrogens with two attached hydrogens (primary N) is 1. The number of primary amides is 1. The van der Waals surface area contributed by atoms with Crippen LogP contribution in [0, 0.1) is 5.92 Å². The van der Waals surface area contributed by atoms with Crippen LogP contribution in [0.2, 0.25) is 0 Å². The number of methoxy groups -OCH3 is 1. The van der Waals surface area contributed by atoms with Gasteiger partial charge in [-0.1, -0.05) is 24.3 Å². The molecule has 0 saturated carbocycles. The minimum Gasteiger partial charge on any atom is -0.508 e. The van der Waals surface area contributed by atoms with Gasteiger partial charge < -0.3 is 20.5 Å². The lowest BCUT2D eigenvalue weighted by Crippen LogP contribution is -2.54. The summed E-state index contributed by atoms with van der Waals surface area (Å²) in [5.74, 6) is 0.124. The van der Waals surface area contributed by atoms with Crippen LogP contribution in [-0.4, -0.2) is 53.0 Å². The van der Waals surface area contributed by atoms with Gasteiger partial charge in [-0.05, 0) is 41.8 Å². The van der Waals surface area contributed by atoms with Gasteiger partial charge in [0.05, 0.1) is 25.6 Å². The first-order valence-electron chi connectivity index (χ1n) is 9.71. The molecule has 2 aliphatic heterocycles. The Morgan fingerprint density at radius 2 is 2.00 bits per heavy atom. The lowest BCUT2D eigenvalue weighted by Gasteiger charge is -2.40. The maximum absolute atomic E-state index is 13.1. The van der Waals surface area contributed by atoms with E-state index in [1.807, 2.05) is 35.2 Å². The molecule has 0 bridgehead atoms. The molecular weight excluding hydrogens is 370 g/mol. The topological polar surface area (TPSA) is 96.1 Å². The van der Waals surface area contributed by atoms with Gasteiger partial charge in [-0.25, -0.2) is 0 Å². The number of hydrogen-bond donors (Lipinski definition) is 2. The molecular formula is C22H25N3O4. The molecule has 2 amide bonds. The van der Waals surface area contributed by atoms with Gasteiger partial charge in [-0.2, -0.15) is 0 Å². The zero-order valence-corrected chi connectivity index (χ0v) is 16.3. The second-order valence-electron chi connectivity index (χ2n) is 7.76. The molecule has 0 radical (unpaired) electrons. The Hall–Kier alpha value is -3.06. The van der Waals surface area contributed by atoms with Crippen molar-refractivity contribution in [3.05, 3.63) is 59.7 Å². The normalized spacial score (nSPS) is 24.4. The highest BCUT2D eigenvalue weighted by molar-refractivity contribution is 5.84. The highest BCUT2D eigenvalue weighted by atomic mass is 16.5. The SMILES string of the molecule is COc1ccc([C@@H]2[C@H](C(N)=O)C[C@@H]3CN(Cc4cccc(O)c4)CC(=O)N32)cc1. The van der Waals surface area contributed by atoms with E-state index in [0.29, 0.717) is 19.5 Å². The average molecular weight is 395 g/mol. The highest BCUT2D eigenvalue weighted by Crippen LogP contribution is 2.43. The number of phenols is 1. The number of carbonyl (C=O) groups is 2. The molecule has 0 unspecified atom stereocenters. The number of carbonyl (C=O) groups excluding carboxylic acids is 2. The summed E-state index contributed by atoms with van der Waals surface area (Å²) in [6.07, 6.45) is 0.550. The maximum Gasteiger partial charge on any atom is 0.237 e. The number of amides is 2. The number of fused-ring (bicyclic) bond motifs is 1. The van der Waals surface area contributed by atoms with Crippen LogP contribution >= 0.6 is 0 Å². The lowest BCUT2D eigenvalue weighted by atomic mass is 9.92. The number of hydrogen-bond acceptors (Lipinski definition) is 5. The summed E-state index contributed by atoms with van der Waals surface area (Å²) in [4.78, 5) is 29.2. The van der Waals surface area contributed by atoms with Crippen LogP contribution in [0.3, 0.4) is 0 Å². The Bertz CT molecular complexity index is 915. The lowest BCUT2D eigenvalue weighted by molar-refractivity contribution is -0.141. The summed E-state index contributed by atoms with van der Waals surface area (Å²) in [5, 5.41) is 9.68. The fourth-order valence-corrected chi connectivity index (χ4v) is 4.61. The first kappa shape index (κ1) is 19.3. The Balaban J connectivity index is 1.57. The molecule has 0 spiro atoms. The van der Waals surface area contributed by atoms with Crippen LogP contribution in [0.25, 0.3) is 0 Å². The number of rotatable bonds is 5. The molecule has 4 rings (SSSR count). The van der Waals surface area contributed by atoms with Crippen molar-refractivity contribution in [1.29, 1.82) is 0 Å². The predicted octanol–water partition coefficient (Wildman–Crippen LogP) is 1.66. The first-order chi connectivity index (χ1) is 14.0. The molecule has 0 aromatic heterocycles. The molecule has 2 aromatic carbocycles. The fraction of sp³-hybridized carbons (Fsp3) is 0.364. The average Bonchev–Trinajstić information content (AvgIpc) is 3.08. The zero-order chi connectivity index (χ0) is 20.5. The van der Waals surface area contributed by atoms with Crippen LogP contribution in [0.5, 0.6) is 11.5 Å². The number of piperazine rings is 1. The van der Waals surface area contributed by atoms with Crippen LogP contribution < -0.4 is 10.5 Å². The zero-order valence-electron chi connectivity index (χ0n) is 16.3. The minimum absolute atomic E-state index is 0.00836. The van der Waals surface area contributed by atoms with Crippen LogP contribution in [-0.2, 0) is 16.1 Å². The van der Waals surface area contributed by atoms with Crippen molar-refractivity contribution < 1.29 is 19.4 Å². The van der Waals surface area contributed by atoms with E-state index in [9.17, 15) is 14.7 Å². The van der Waals surface area contributed by atoms with Gasteiger partial charge >= 0.3 is 0 Å². The molecule has 3 N–H and O–H groups in total. The largest absolute Gasteiger partial charge is 0.508 e. The van der Waals surface area contributed by atoms with E-state index < -0.39 is 5.92 Å². The second-order valence-corrected chi connectivity index (χ2v) is 7.76. The summed E-state index contributed by atoms with van der Waals surface area (Å²) < 4.78 is 5.22. The number of nitrogens with zero attached hydrogens (tertiary/aromatic N) is 2. The van der Waals surface area contributed by atoms with Gasteiger partial charge in [0.25, 0.3) is 0 Å². The van der Waals surface area contributed by atoms with Crippen molar-refractivity contribution in [1.82, 2.24) is 9.80 Å². The molecule has 2 aromatic rings. The van der Waals surface area contributed by atoms with Crippen molar-refractivity contribution in [2.45, 2.75) is 25.0 Å². The van der Waals surface area contributed by atoms with Crippen molar-refractivity contribution in [3.63, 3.8) is 0 Å². The third-order valence-electron chi connectivity index (χ3n) is 5.86. The molecule has 7 nitrogen and oxygen atoms in total. The number of phenolic OH excluding ortho intramolecular Hbond substituents is 1. The maximum atomic E-state index is 13.1. The highest BCUT2D eigenvalue weighted by Gasteiger charge is 2.49. The van der Waals surface area contributed by atoms with Crippen molar-refractivity contribution in [2.24, 2.45) is 11.7 Å². The van der Waals surface area contributed by atoms with E-state index in [1.54, 1.807) is 25.3 Å². The van der Waals surface area contributed by atoms with Gasteiger partial charge in [0.15, 0.2) is 0 Å². The Morgan fingerprint density at radius 1 is 1.24 bits per heavy atom. The van der Waals surface area contributed by atoms with Crippen LogP contribution in [0.4, 0.5) is 0 Å². The molecule has 2 saturated heterocycles. The Morgan fingerprint density at radius 3 is 2.66 bits per heavy atom. The predicted molar refractivity (Wildman–Crippen MR) is 107 cm³/mol.